The summed E-state index contributed by atoms with van der Waals surface area (Å²) in [5.74, 6) is 0.143. The van der Waals surface area contributed by atoms with E-state index in [9.17, 15) is 13.2 Å². The van der Waals surface area contributed by atoms with E-state index in [4.69, 9.17) is 0 Å². The van der Waals surface area contributed by atoms with Gasteiger partial charge in [0.25, 0.3) is 5.91 Å². The Kier molecular flexibility index (Phi) is 4.71. The van der Waals surface area contributed by atoms with Crippen molar-refractivity contribution in [2.75, 3.05) is 16.8 Å². The van der Waals surface area contributed by atoms with Gasteiger partial charge < -0.3 is 10.6 Å². The molecule has 2 N–H and O–H groups in total. The molecule has 1 atom stereocenters. The molecule has 1 unspecified atom stereocenters. The minimum atomic E-state index is -3.03. The zero-order valence-electron chi connectivity index (χ0n) is 14.1. The lowest BCUT2D eigenvalue weighted by Gasteiger charge is -2.11. The van der Waals surface area contributed by atoms with E-state index >= 15 is 0 Å². The van der Waals surface area contributed by atoms with Crippen molar-refractivity contribution in [3.8, 4) is 0 Å². The average molecular weight is 360 g/mol. The summed E-state index contributed by atoms with van der Waals surface area (Å²) in [6, 6.07) is 5.70. The van der Waals surface area contributed by atoms with Gasteiger partial charge in [0.1, 0.15) is 0 Å². The number of benzene rings is 1. The topological polar surface area (TPSA) is 101 Å². The van der Waals surface area contributed by atoms with Gasteiger partial charge >= 0.3 is 0 Å². The lowest BCUT2D eigenvalue weighted by atomic mass is 10.1. The van der Waals surface area contributed by atoms with Gasteiger partial charge in [0.05, 0.1) is 17.1 Å². The van der Waals surface area contributed by atoms with Crippen LogP contribution in [-0.2, 0) is 9.84 Å². The van der Waals surface area contributed by atoms with Crippen LogP contribution in [0.3, 0.4) is 0 Å². The summed E-state index contributed by atoms with van der Waals surface area (Å²) in [4.78, 5) is 20.5. The largest absolute Gasteiger partial charge is 0.348 e. The Morgan fingerprint density at radius 2 is 1.76 bits per heavy atom. The van der Waals surface area contributed by atoms with E-state index in [0.29, 0.717) is 17.9 Å². The highest BCUT2D eigenvalue weighted by molar-refractivity contribution is 7.91. The van der Waals surface area contributed by atoms with E-state index in [1.807, 2.05) is 26.0 Å². The molecule has 0 bridgehead atoms. The molecule has 7 nitrogen and oxygen atoms in total. The van der Waals surface area contributed by atoms with Gasteiger partial charge in [0.15, 0.2) is 9.84 Å². The molecule has 1 aliphatic rings. The lowest BCUT2D eigenvalue weighted by Crippen LogP contribution is -2.35. The van der Waals surface area contributed by atoms with Crippen molar-refractivity contribution >= 4 is 27.4 Å². The van der Waals surface area contributed by atoms with E-state index in [2.05, 4.69) is 26.7 Å². The van der Waals surface area contributed by atoms with Gasteiger partial charge in [0.2, 0.25) is 5.95 Å². The molecule has 1 aliphatic heterocycles. The fourth-order valence-electron chi connectivity index (χ4n) is 2.86. The Labute approximate surface area is 146 Å². The first-order valence-corrected chi connectivity index (χ1v) is 9.81. The molecule has 25 heavy (non-hydrogen) atoms. The number of carbonyl (C=O) groups excluding carboxylic acids is 1. The van der Waals surface area contributed by atoms with Gasteiger partial charge in [0, 0.05) is 24.1 Å². The zero-order chi connectivity index (χ0) is 18.0. The van der Waals surface area contributed by atoms with Gasteiger partial charge in [-0.05, 0) is 43.5 Å². The van der Waals surface area contributed by atoms with E-state index in [1.165, 1.54) is 12.4 Å². The Morgan fingerprint density at radius 1 is 1.12 bits per heavy atom. The van der Waals surface area contributed by atoms with Crippen LogP contribution in [0, 0.1) is 13.8 Å². The van der Waals surface area contributed by atoms with Crippen molar-refractivity contribution in [3.05, 3.63) is 47.3 Å². The van der Waals surface area contributed by atoms with Crippen molar-refractivity contribution in [1.82, 2.24) is 15.3 Å². The fraction of sp³-hybridized carbons (Fsp3) is 0.353. The Morgan fingerprint density at radius 3 is 2.32 bits per heavy atom. The second-order valence-corrected chi connectivity index (χ2v) is 8.60. The number of nitrogens with zero attached hydrogens (tertiary/aromatic N) is 2. The van der Waals surface area contributed by atoms with Crippen LogP contribution in [0.2, 0.25) is 0 Å². The number of anilines is 2. The summed E-state index contributed by atoms with van der Waals surface area (Å²) in [7, 11) is -3.03. The molecule has 1 amide bonds. The van der Waals surface area contributed by atoms with Crippen LogP contribution in [0.4, 0.5) is 11.6 Å². The van der Waals surface area contributed by atoms with Gasteiger partial charge in [-0.15, -0.1) is 0 Å². The van der Waals surface area contributed by atoms with Crippen molar-refractivity contribution < 1.29 is 13.2 Å². The van der Waals surface area contributed by atoms with Gasteiger partial charge in [-0.3, -0.25) is 4.79 Å². The van der Waals surface area contributed by atoms with Crippen LogP contribution < -0.4 is 10.6 Å². The van der Waals surface area contributed by atoms with Crippen LogP contribution in [0.5, 0.6) is 0 Å². The van der Waals surface area contributed by atoms with Crippen LogP contribution in [-0.4, -0.2) is 41.8 Å². The molecule has 1 aromatic heterocycles. The molecule has 0 aliphatic carbocycles. The number of carbonyl (C=O) groups is 1. The fourth-order valence-corrected chi connectivity index (χ4v) is 4.54. The number of rotatable bonds is 4. The molecule has 0 radical (unpaired) electrons. The highest BCUT2D eigenvalue weighted by Crippen LogP contribution is 2.17. The number of amides is 1. The van der Waals surface area contributed by atoms with Crippen LogP contribution in [0.15, 0.2) is 30.6 Å². The SMILES string of the molecule is Cc1cc(C)cc(Nc2ncc(C(=O)NC3CCS(=O)(=O)C3)cn2)c1. The van der Waals surface area contributed by atoms with E-state index in [1.54, 1.807) is 0 Å². The molecule has 8 heteroatoms. The number of aromatic nitrogens is 2. The van der Waals surface area contributed by atoms with Gasteiger partial charge in [-0.25, -0.2) is 18.4 Å². The number of hydrogen-bond donors (Lipinski definition) is 2. The maximum absolute atomic E-state index is 12.2. The van der Waals surface area contributed by atoms with E-state index in [0.717, 1.165) is 16.8 Å². The van der Waals surface area contributed by atoms with Crippen LogP contribution in [0.25, 0.3) is 0 Å². The van der Waals surface area contributed by atoms with Crippen LogP contribution >= 0.6 is 0 Å². The minimum Gasteiger partial charge on any atom is -0.348 e. The average Bonchev–Trinajstić information content (AvgIpc) is 2.85. The van der Waals surface area contributed by atoms with Crippen molar-refractivity contribution in [2.24, 2.45) is 0 Å². The number of sulfone groups is 1. The first-order valence-electron chi connectivity index (χ1n) is 7.99. The first-order chi connectivity index (χ1) is 11.8. The molecule has 2 heterocycles. The Hall–Kier alpha value is -2.48. The Bertz CT molecular complexity index is 874. The predicted octanol–water partition coefficient (Wildman–Crippen LogP) is 1.75. The second kappa shape index (κ2) is 6.79. The number of hydrogen-bond acceptors (Lipinski definition) is 6. The summed E-state index contributed by atoms with van der Waals surface area (Å²) in [5, 5.41) is 5.82. The summed E-state index contributed by atoms with van der Waals surface area (Å²) < 4.78 is 22.9. The minimum absolute atomic E-state index is 0.00799. The molecule has 132 valence electrons. The van der Waals surface area contributed by atoms with E-state index in [-0.39, 0.29) is 23.5 Å². The Balaban J connectivity index is 1.64. The summed E-state index contributed by atoms with van der Waals surface area (Å²) in [5.41, 5.74) is 3.44. The number of aryl methyl sites for hydroxylation is 2. The highest BCUT2D eigenvalue weighted by Gasteiger charge is 2.29. The second-order valence-electron chi connectivity index (χ2n) is 6.37. The molecular formula is C17H20N4O3S. The summed E-state index contributed by atoms with van der Waals surface area (Å²) in [6.07, 6.45) is 3.30. The number of nitrogens with one attached hydrogen (secondary N) is 2. The molecule has 1 fully saturated rings. The standard InChI is InChI=1S/C17H20N4O3S/c1-11-5-12(2)7-15(6-11)21-17-18-8-13(9-19-17)16(22)20-14-3-4-25(23,24)10-14/h5-9,14H,3-4,10H2,1-2H3,(H,20,22)(H,18,19,21). The van der Waals surface area contributed by atoms with Crippen molar-refractivity contribution in [1.29, 1.82) is 0 Å². The quantitative estimate of drug-likeness (QED) is 0.861. The third kappa shape index (κ3) is 4.54. The lowest BCUT2D eigenvalue weighted by molar-refractivity contribution is 0.0940. The molecule has 0 spiro atoms. The first kappa shape index (κ1) is 17.3. The van der Waals surface area contributed by atoms with Crippen molar-refractivity contribution in [2.45, 2.75) is 26.3 Å². The third-order valence-corrected chi connectivity index (χ3v) is 5.73. The molecule has 3 rings (SSSR count). The van der Waals surface area contributed by atoms with E-state index < -0.39 is 9.84 Å². The van der Waals surface area contributed by atoms with Gasteiger partial charge in [-0.2, -0.15) is 0 Å². The maximum atomic E-state index is 12.2. The predicted molar refractivity (Wildman–Crippen MR) is 95.8 cm³/mol. The molecule has 0 saturated carbocycles. The monoisotopic (exact) mass is 360 g/mol. The summed E-state index contributed by atoms with van der Waals surface area (Å²) in [6.45, 7) is 4.02. The molecule has 2 aromatic rings. The molecular weight excluding hydrogens is 340 g/mol. The van der Waals surface area contributed by atoms with Crippen molar-refractivity contribution in [3.63, 3.8) is 0 Å². The normalized spacial score (nSPS) is 18.7. The van der Waals surface area contributed by atoms with Gasteiger partial charge in [-0.1, -0.05) is 6.07 Å². The molecule has 1 aromatic carbocycles. The maximum Gasteiger partial charge on any atom is 0.254 e. The highest BCUT2D eigenvalue weighted by atomic mass is 32.2. The zero-order valence-corrected chi connectivity index (χ0v) is 14.9. The smallest absolute Gasteiger partial charge is 0.254 e. The summed E-state index contributed by atoms with van der Waals surface area (Å²) >= 11 is 0. The van der Waals surface area contributed by atoms with Crippen LogP contribution in [0.1, 0.15) is 27.9 Å². The molecule has 1 saturated heterocycles. The third-order valence-electron chi connectivity index (χ3n) is 3.96.